The van der Waals surface area contributed by atoms with Gasteiger partial charge >= 0.3 is 0 Å². The lowest BCUT2D eigenvalue weighted by molar-refractivity contribution is 0.109. The van der Waals surface area contributed by atoms with Crippen LogP contribution in [0.15, 0.2) is 59.5 Å². The van der Waals surface area contributed by atoms with Crippen molar-refractivity contribution in [1.29, 1.82) is 0 Å². The van der Waals surface area contributed by atoms with Gasteiger partial charge in [0.05, 0.1) is 4.90 Å². The number of hydrogen-bond acceptors (Lipinski definition) is 4. The molecular formula is C22H31N3O2S. The predicted molar refractivity (Wildman–Crippen MR) is 114 cm³/mol. The summed E-state index contributed by atoms with van der Waals surface area (Å²) < 4.78 is 28.3. The highest BCUT2D eigenvalue weighted by Crippen LogP contribution is 2.16. The molecule has 28 heavy (non-hydrogen) atoms. The topological polar surface area (TPSA) is 52.7 Å². The summed E-state index contributed by atoms with van der Waals surface area (Å²) in [6, 6.07) is 17.5. The van der Waals surface area contributed by atoms with Gasteiger partial charge in [0.1, 0.15) is 0 Å². The number of rotatable bonds is 7. The van der Waals surface area contributed by atoms with Crippen molar-refractivity contribution in [3.8, 4) is 0 Å². The number of hydrogen-bond donors (Lipinski definition) is 1. The average molecular weight is 402 g/mol. The highest BCUT2D eigenvalue weighted by Gasteiger charge is 2.29. The SMILES string of the molecule is Cc1ccc(S(=O)(=O)NC(C)(C)CN2CCN(Cc3ccccc3)CC2)cc1. The van der Waals surface area contributed by atoms with Gasteiger partial charge in [-0.05, 0) is 38.5 Å². The predicted octanol–water partition coefficient (Wildman–Crippen LogP) is 2.87. The first-order chi connectivity index (χ1) is 13.2. The summed E-state index contributed by atoms with van der Waals surface area (Å²) in [5.74, 6) is 0. The molecule has 3 rings (SSSR count). The van der Waals surface area contributed by atoms with Crippen molar-refractivity contribution in [1.82, 2.24) is 14.5 Å². The summed E-state index contributed by atoms with van der Waals surface area (Å²) in [5, 5.41) is 0. The minimum atomic E-state index is -3.52. The first-order valence-electron chi connectivity index (χ1n) is 9.83. The van der Waals surface area contributed by atoms with Gasteiger partial charge in [-0.25, -0.2) is 13.1 Å². The van der Waals surface area contributed by atoms with Crippen molar-refractivity contribution < 1.29 is 8.42 Å². The largest absolute Gasteiger partial charge is 0.299 e. The molecule has 1 heterocycles. The maximum Gasteiger partial charge on any atom is 0.241 e. The van der Waals surface area contributed by atoms with E-state index in [1.165, 1.54) is 5.56 Å². The van der Waals surface area contributed by atoms with Crippen molar-refractivity contribution in [2.24, 2.45) is 0 Å². The summed E-state index contributed by atoms with van der Waals surface area (Å²) in [4.78, 5) is 5.12. The highest BCUT2D eigenvalue weighted by atomic mass is 32.2. The third-order valence-electron chi connectivity index (χ3n) is 5.07. The van der Waals surface area contributed by atoms with Gasteiger partial charge in [-0.1, -0.05) is 48.0 Å². The quantitative estimate of drug-likeness (QED) is 0.775. The van der Waals surface area contributed by atoms with Gasteiger partial charge in [0.15, 0.2) is 0 Å². The molecule has 0 radical (unpaired) electrons. The molecule has 1 aliphatic heterocycles. The molecule has 1 aliphatic rings. The first kappa shape index (κ1) is 21.0. The maximum atomic E-state index is 12.7. The fourth-order valence-electron chi connectivity index (χ4n) is 3.68. The fourth-order valence-corrected chi connectivity index (χ4v) is 5.08. The molecule has 0 aromatic heterocycles. The normalized spacial score (nSPS) is 17.0. The van der Waals surface area contributed by atoms with Crippen LogP contribution in [0.3, 0.4) is 0 Å². The second kappa shape index (κ2) is 8.74. The molecule has 0 aliphatic carbocycles. The summed E-state index contributed by atoms with van der Waals surface area (Å²) in [5.41, 5.74) is 1.85. The first-order valence-corrected chi connectivity index (χ1v) is 11.3. The Labute approximate surface area is 169 Å². The van der Waals surface area contributed by atoms with Gasteiger partial charge in [0.25, 0.3) is 0 Å². The van der Waals surface area contributed by atoms with Crippen LogP contribution in [0, 0.1) is 6.92 Å². The smallest absolute Gasteiger partial charge is 0.241 e. The van der Waals surface area contributed by atoms with Gasteiger partial charge in [-0.15, -0.1) is 0 Å². The lowest BCUT2D eigenvalue weighted by atomic mass is 10.1. The average Bonchev–Trinajstić information content (AvgIpc) is 2.63. The molecule has 1 saturated heterocycles. The molecule has 0 bridgehead atoms. The molecule has 1 fully saturated rings. The number of nitrogens with one attached hydrogen (secondary N) is 1. The summed E-state index contributed by atoms with van der Waals surface area (Å²) >= 11 is 0. The molecule has 0 spiro atoms. The van der Waals surface area contributed by atoms with E-state index in [1.807, 2.05) is 39.0 Å². The second-order valence-electron chi connectivity index (χ2n) is 8.34. The van der Waals surface area contributed by atoms with E-state index in [0.717, 1.165) is 38.3 Å². The van der Waals surface area contributed by atoms with Crippen LogP contribution in [0.2, 0.25) is 0 Å². The summed E-state index contributed by atoms with van der Waals surface area (Å²) in [6.07, 6.45) is 0. The van der Waals surface area contributed by atoms with E-state index in [1.54, 1.807) is 12.1 Å². The van der Waals surface area contributed by atoms with Gasteiger partial charge in [0, 0.05) is 44.8 Å². The number of sulfonamides is 1. The molecule has 2 aromatic carbocycles. The van der Waals surface area contributed by atoms with Crippen molar-refractivity contribution in [2.75, 3.05) is 32.7 Å². The number of nitrogens with zero attached hydrogens (tertiary/aromatic N) is 2. The molecule has 0 atom stereocenters. The monoisotopic (exact) mass is 401 g/mol. The lowest BCUT2D eigenvalue weighted by Gasteiger charge is -2.39. The Balaban J connectivity index is 1.52. The zero-order valence-electron chi connectivity index (χ0n) is 17.1. The minimum Gasteiger partial charge on any atom is -0.299 e. The van der Waals surface area contributed by atoms with Crippen LogP contribution in [0.25, 0.3) is 0 Å². The minimum absolute atomic E-state index is 0.318. The molecule has 0 saturated carbocycles. The van der Waals surface area contributed by atoms with Gasteiger partial charge in [-0.3, -0.25) is 9.80 Å². The molecule has 2 aromatic rings. The van der Waals surface area contributed by atoms with Crippen molar-refractivity contribution in [3.63, 3.8) is 0 Å². The number of benzene rings is 2. The van der Waals surface area contributed by atoms with E-state index in [0.29, 0.717) is 11.4 Å². The van der Waals surface area contributed by atoms with Crippen LogP contribution in [0.1, 0.15) is 25.0 Å². The lowest BCUT2D eigenvalue weighted by Crippen LogP contribution is -2.55. The third-order valence-corrected chi connectivity index (χ3v) is 6.79. The van der Waals surface area contributed by atoms with Gasteiger partial charge in [0.2, 0.25) is 10.0 Å². The van der Waals surface area contributed by atoms with Gasteiger partial charge in [-0.2, -0.15) is 0 Å². The molecule has 5 nitrogen and oxygen atoms in total. The Hall–Kier alpha value is -1.73. The van der Waals surface area contributed by atoms with E-state index in [2.05, 4.69) is 38.8 Å². The van der Waals surface area contributed by atoms with E-state index >= 15 is 0 Å². The Morgan fingerprint density at radius 2 is 1.46 bits per heavy atom. The highest BCUT2D eigenvalue weighted by molar-refractivity contribution is 7.89. The van der Waals surface area contributed by atoms with E-state index < -0.39 is 15.6 Å². The zero-order chi connectivity index (χ0) is 20.2. The van der Waals surface area contributed by atoms with Crippen LogP contribution in [0.5, 0.6) is 0 Å². The molecule has 0 unspecified atom stereocenters. The van der Waals surface area contributed by atoms with Crippen LogP contribution >= 0.6 is 0 Å². The molecule has 6 heteroatoms. The Kier molecular flexibility index (Phi) is 6.55. The second-order valence-corrected chi connectivity index (χ2v) is 10.0. The molecule has 1 N–H and O–H groups in total. The van der Waals surface area contributed by atoms with Crippen LogP contribution in [-0.4, -0.2) is 56.5 Å². The van der Waals surface area contributed by atoms with Crippen molar-refractivity contribution in [3.05, 3.63) is 65.7 Å². The Morgan fingerprint density at radius 3 is 2.07 bits per heavy atom. The van der Waals surface area contributed by atoms with Gasteiger partial charge < -0.3 is 0 Å². The number of aryl methyl sites for hydroxylation is 1. The zero-order valence-corrected chi connectivity index (χ0v) is 17.9. The van der Waals surface area contributed by atoms with Crippen LogP contribution in [-0.2, 0) is 16.6 Å². The van der Waals surface area contributed by atoms with Crippen molar-refractivity contribution >= 4 is 10.0 Å². The fraction of sp³-hybridized carbons (Fsp3) is 0.455. The molecular weight excluding hydrogens is 370 g/mol. The maximum absolute atomic E-state index is 12.7. The number of piperazine rings is 1. The standard InChI is InChI=1S/C22H31N3O2S/c1-19-9-11-21(12-10-19)28(26,27)23-22(2,3)18-25-15-13-24(14-16-25)17-20-7-5-4-6-8-20/h4-12,23H,13-18H2,1-3H3. The molecule has 152 valence electrons. The van der Waals surface area contributed by atoms with E-state index in [-0.39, 0.29) is 0 Å². The van der Waals surface area contributed by atoms with Crippen LogP contribution in [0.4, 0.5) is 0 Å². The van der Waals surface area contributed by atoms with E-state index in [9.17, 15) is 8.42 Å². The third kappa shape index (κ3) is 5.88. The summed E-state index contributed by atoms with van der Waals surface area (Å²) in [7, 11) is -3.52. The van der Waals surface area contributed by atoms with Crippen molar-refractivity contribution in [2.45, 2.75) is 37.8 Å². The van der Waals surface area contributed by atoms with E-state index in [4.69, 9.17) is 0 Å². The molecule has 0 amide bonds. The summed E-state index contributed by atoms with van der Waals surface area (Å²) in [6.45, 7) is 11.4. The van der Waals surface area contributed by atoms with Crippen LogP contribution < -0.4 is 4.72 Å². The Morgan fingerprint density at radius 1 is 0.893 bits per heavy atom. The Bertz CT molecular complexity index is 856.